The van der Waals surface area contributed by atoms with Gasteiger partial charge in [0, 0.05) is 40.8 Å². The number of alkyl halides is 1. The quantitative estimate of drug-likeness (QED) is 0.402. The molecule has 1 fully saturated rings. The largest absolute Gasteiger partial charge is 0.340 e. The number of anilines is 2. The number of amides is 1. The summed E-state index contributed by atoms with van der Waals surface area (Å²) in [5.41, 5.74) is 2.86. The number of hydrogen-bond acceptors (Lipinski definition) is 6. The van der Waals surface area contributed by atoms with E-state index in [0.717, 1.165) is 22.2 Å². The molecule has 0 bridgehead atoms. The van der Waals surface area contributed by atoms with Gasteiger partial charge in [0.25, 0.3) is 11.9 Å². The number of fused-ring (bicyclic) bond motifs is 1. The molecule has 1 saturated heterocycles. The van der Waals surface area contributed by atoms with Crippen LogP contribution < -0.4 is 5.32 Å². The van der Waals surface area contributed by atoms with Crippen LogP contribution in [0.1, 0.15) is 17.3 Å². The van der Waals surface area contributed by atoms with Gasteiger partial charge >= 0.3 is 0 Å². The summed E-state index contributed by atoms with van der Waals surface area (Å²) >= 11 is 0. The number of rotatable bonds is 5. The highest BCUT2D eigenvalue weighted by atomic mass is 19.1. The Morgan fingerprint density at radius 1 is 1.11 bits per heavy atom. The van der Waals surface area contributed by atoms with Crippen molar-refractivity contribution >= 4 is 28.3 Å². The van der Waals surface area contributed by atoms with Crippen LogP contribution in [0.25, 0.3) is 28.0 Å². The molecule has 0 atom stereocenters. The summed E-state index contributed by atoms with van der Waals surface area (Å²) in [6, 6.07) is 15.0. The second kappa shape index (κ2) is 8.01. The molecule has 2 N–H and O–H groups in total. The normalized spacial score (nSPS) is 14.6. The van der Waals surface area contributed by atoms with Crippen molar-refractivity contribution in [2.75, 3.05) is 18.4 Å². The summed E-state index contributed by atoms with van der Waals surface area (Å²) in [4.78, 5) is 23.1. The van der Waals surface area contributed by atoms with Crippen LogP contribution in [0.15, 0.2) is 73.3 Å². The number of H-pyrrole nitrogens is 1. The zero-order valence-corrected chi connectivity index (χ0v) is 18.8. The van der Waals surface area contributed by atoms with Gasteiger partial charge in [-0.15, -0.1) is 0 Å². The van der Waals surface area contributed by atoms with Crippen LogP contribution in [0.2, 0.25) is 0 Å². The van der Waals surface area contributed by atoms with E-state index in [4.69, 9.17) is 0 Å². The molecule has 9 nitrogen and oxygen atoms in total. The number of hydrogen-bond donors (Lipinski definition) is 2. The van der Waals surface area contributed by atoms with Crippen molar-refractivity contribution in [2.45, 2.75) is 12.6 Å². The first-order chi connectivity index (χ1) is 16.9. The van der Waals surface area contributed by atoms with Crippen molar-refractivity contribution in [3.05, 3.63) is 78.9 Å². The van der Waals surface area contributed by atoms with Gasteiger partial charge in [-0.05, 0) is 48.9 Å². The van der Waals surface area contributed by atoms with E-state index in [2.05, 4.69) is 30.6 Å². The maximum Gasteiger partial charge on any atom is 0.254 e. The van der Waals surface area contributed by atoms with Crippen molar-refractivity contribution in [2.24, 2.45) is 0 Å². The Hall–Kier alpha value is -4.60. The standard InChI is InChI=1S/C25H21FN8O/c1-25(26)14-33(15-25)23(35)17-4-7-21-18(10-17)13-34(32-21)24-27-9-8-22(31-24)30-20-5-2-16(3-6-20)19-11-28-29-12-19/h2-13H,14-15H2,1H3,(H,28,29)(H,27,30,31). The van der Waals surface area contributed by atoms with Gasteiger partial charge in [-0.1, -0.05) is 12.1 Å². The minimum atomic E-state index is -1.30. The molecule has 1 amide bonds. The van der Waals surface area contributed by atoms with Gasteiger partial charge in [0.2, 0.25) is 0 Å². The molecular weight excluding hydrogens is 447 g/mol. The number of benzene rings is 2. The van der Waals surface area contributed by atoms with Gasteiger partial charge < -0.3 is 10.2 Å². The van der Waals surface area contributed by atoms with E-state index in [1.807, 2.05) is 30.5 Å². The van der Waals surface area contributed by atoms with Crippen LogP contribution in [-0.4, -0.2) is 59.5 Å². The minimum absolute atomic E-state index is 0.114. The molecular formula is C25H21FN8O. The van der Waals surface area contributed by atoms with E-state index in [1.165, 1.54) is 11.8 Å². The average Bonchev–Trinajstić information content (AvgIpc) is 3.52. The van der Waals surface area contributed by atoms with Crippen LogP contribution in [-0.2, 0) is 0 Å². The molecule has 0 radical (unpaired) electrons. The molecule has 2 aromatic carbocycles. The summed E-state index contributed by atoms with van der Waals surface area (Å²) in [7, 11) is 0. The Labute approximate surface area is 199 Å². The lowest BCUT2D eigenvalue weighted by Crippen LogP contribution is -2.59. The zero-order valence-electron chi connectivity index (χ0n) is 18.8. The fourth-order valence-corrected chi connectivity index (χ4v) is 4.17. The van der Waals surface area contributed by atoms with Gasteiger partial charge in [0.1, 0.15) is 11.5 Å². The lowest BCUT2D eigenvalue weighted by molar-refractivity contribution is -0.00784. The van der Waals surface area contributed by atoms with Crippen LogP contribution in [0.3, 0.4) is 0 Å². The Morgan fingerprint density at radius 2 is 1.94 bits per heavy atom. The minimum Gasteiger partial charge on any atom is -0.340 e. The predicted molar refractivity (Wildman–Crippen MR) is 129 cm³/mol. The molecule has 0 unspecified atom stereocenters. The van der Waals surface area contributed by atoms with E-state index in [-0.39, 0.29) is 19.0 Å². The van der Waals surface area contributed by atoms with E-state index < -0.39 is 5.67 Å². The highest BCUT2D eigenvalue weighted by molar-refractivity contribution is 5.98. The fourth-order valence-electron chi connectivity index (χ4n) is 4.17. The lowest BCUT2D eigenvalue weighted by atomic mass is 9.97. The Bertz CT molecular complexity index is 1520. The van der Waals surface area contributed by atoms with Crippen molar-refractivity contribution in [1.82, 2.24) is 34.8 Å². The smallest absolute Gasteiger partial charge is 0.254 e. The van der Waals surface area contributed by atoms with Crippen LogP contribution in [0.5, 0.6) is 0 Å². The van der Waals surface area contributed by atoms with Gasteiger partial charge in [-0.2, -0.15) is 15.2 Å². The molecule has 6 rings (SSSR count). The predicted octanol–water partition coefficient (Wildman–Crippen LogP) is 4.13. The molecule has 174 valence electrons. The molecule has 3 aromatic heterocycles. The third kappa shape index (κ3) is 4.10. The summed E-state index contributed by atoms with van der Waals surface area (Å²) in [5, 5.41) is 15.4. The van der Waals surface area contributed by atoms with Gasteiger partial charge in [-0.3, -0.25) is 9.89 Å². The zero-order chi connectivity index (χ0) is 24.0. The molecule has 10 heteroatoms. The lowest BCUT2D eigenvalue weighted by Gasteiger charge is -2.42. The fraction of sp³-hybridized carbons (Fsp3) is 0.160. The summed E-state index contributed by atoms with van der Waals surface area (Å²) in [6.45, 7) is 1.73. The summed E-state index contributed by atoms with van der Waals surface area (Å²) in [5.74, 6) is 0.828. The third-order valence-corrected chi connectivity index (χ3v) is 5.92. The van der Waals surface area contributed by atoms with E-state index >= 15 is 0 Å². The number of carbonyl (C=O) groups excluding carboxylic acids is 1. The molecule has 1 aliphatic rings. The highest BCUT2D eigenvalue weighted by Gasteiger charge is 2.41. The van der Waals surface area contributed by atoms with E-state index in [0.29, 0.717) is 22.8 Å². The van der Waals surface area contributed by atoms with Gasteiger partial charge in [0.05, 0.1) is 24.8 Å². The van der Waals surface area contributed by atoms with Gasteiger partial charge in [-0.25, -0.2) is 14.1 Å². The van der Waals surface area contributed by atoms with Crippen molar-refractivity contribution in [3.63, 3.8) is 0 Å². The van der Waals surface area contributed by atoms with Crippen LogP contribution in [0.4, 0.5) is 15.9 Å². The van der Waals surface area contributed by atoms with Gasteiger partial charge in [0.15, 0.2) is 0 Å². The summed E-state index contributed by atoms with van der Waals surface area (Å²) < 4.78 is 15.4. The molecule has 0 aliphatic carbocycles. The number of nitrogens with zero attached hydrogens (tertiary/aromatic N) is 6. The first-order valence-corrected chi connectivity index (χ1v) is 11.1. The number of aromatic amines is 1. The maximum atomic E-state index is 13.8. The maximum absolute atomic E-state index is 13.8. The third-order valence-electron chi connectivity index (χ3n) is 5.92. The number of likely N-dealkylation sites (tertiary alicyclic amines) is 1. The summed E-state index contributed by atoms with van der Waals surface area (Å²) in [6.07, 6.45) is 7.05. The van der Waals surface area contributed by atoms with Crippen molar-refractivity contribution < 1.29 is 9.18 Å². The molecule has 1 aliphatic heterocycles. The monoisotopic (exact) mass is 468 g/mol. The van der Waals surface area contributed by atoms with Crippen molar-refractivity contribution in [1.29, 1.82) is 0 Å². The number of halogens is 1. The van der Waals surface area contributed by atoms with Crippen LogP contribution >= 0.6 is 0 Å². The first kappa shape index (κ1) is 21.0. The second-order valence-electron chi connectivity index (χ2n) is 8.85. The van der Waals surface area contributed by atoms with Crippen LogP contribution in [0, 0.1) is 0 Å². The SMILES string of the molecule is CC1(F)CN(C(=O)c2ccc3nn(-c4nccc(Nc5ccc(-c6cn[nH]c6)cc5)n4)cc3c2)C1. The molecule has 35 heavy (non-hydrogen) atoms. The van der Waals surface area contributed by atoms with Crippen molar-refractivity contribution in [3.8, 4) is 17.1 Å². The molecule has 0 spiro atoms. The number of carbonyl (C=O) groups is 1. The topological polar surface area (TPSA) is 105 Å². The first-order valence-electron chi connectivity index (χ1n) is 11.1. The number of nitrogens with one attached hydrogen (secondary N) is 2. The Balaban J connectivity index is 1.21. The Morgan fingerprint density at radius 3 is 2.69 bits per heavy atom. The average molecular weight is 468 g/mol. The molecule has 5 aromatic rings. The number of aromatic nitrogens is 6. The highest BCUT2D eigenvalue weighted by Crippen LogP contribution is 2.27. The Kier molecular flexibility index (Phi) is 4.80. The van der Waals surface area contributed by atoms with E-state index in [1.54, 1.807) is 47.5 Å². The van der Waals surface area contributed by atoms with E-state index in [9.17, 15) is 9.18 Å². The molecule has 0 saturated carbocycles. The second-order valence-corrected chi connectivity index (χ2v) is 8.85. The molecule has 4 heterocycles.